The first-order valence-electron chi connectivity index (χ1n) is 10.6. The third kappa shape index (κ3) is 5.06. The maximum atomic E-state index is 6.25. The van der Waals surface area contributed by atoms with E-state index in [0.29, 0.717) is 5.95 Å². The summed E-state index contributed by atoms with van der Waals surface area (Å²) < 4.78 is 10.9. The minimum Gasteiger partial charge on any atom is -0.497 e. The summed E-state index contributed by atoms with van der Waals surface area (Å²) in [5.41, 5.74) is 9.14. The highest BCUT2D eigenvalue weighted by Gasteiger charge is 2.22. The van der Waals surface area contributed by atoms with Gasteiger partial charge in [-0.15, -0.1) is 0 Å². The molecular formula is C24H29N5O2. The summed E-state index contributed by atoms with van der Waals surface area (Å²) in [5.74, 6) is 2.88. The van der Waals surface area contributed by atoms with E-state index in [9.17, 15) is 0 Å². The van der Waals surface area contributed by atoms with Crippen LogP contribution >= 0.6 is 0 Å². The zero-order valence-electron chi connectivity index (χ0n) is 18.0. The van der Waals surface area contributed by atoms with Crippen LogP contribution < -0.4 is 25.8 Å². The quantitative estimate of drug-likeness (QED) is 0.516. The zero-order chi connectivity index (χ0) is 21.6. The number of nitrogens with zero attached hydrogens (tertiary/aromatic N) is 2. The molecule has 7 nitrogen and oxygen atoms in total. The highest BCUT2D eigenvalue weighted by atomic mass is 16.5. The minimum absolute atomic E-state index is 0.142. The maximum absolute atomic E-state index is 6.25. The van der Waals surface area contributed by atoms with Gasteiger partial charge >= 0.3 is 0 Å². The minimum atomic E-state index is 0.142. The van der Waals surface area contributed by atoms with Gasteiger partial charge < -0.3 is 25.8 Å². The zero-order valence-corrected chi connectivity index (χ0v) is 18.0. The lowest BCUT2D eigenvalue weighted by atomic mass is 9.91. The number of hydrogen-bond donors (Lipinski definition) is 3. The summed E-state index contributed by atoms with van der Waals surface area (Å²) in [6.45, 7) is 0. The van der Waals surface area contributed by atoms with Gasteiger partial charge in [0.25, 0.3) is 0 Å². The molecule has 2 aromatic carbocycles. The molecule has 4 rings (SSSR count). The fourth-order valence-electron chi connectivity index (χ4n) is 3.95. The van der Waals surface area contributed by atoms with Crippen LogP contribution in [0.25, 0.3) is 11.1 Å². The Morgan fingerprint density at radius 1 is 1.00 bits per heavy atom. The van der Waals surface area contributed by atoms with Gasteiger partial charge in [-0.2, -0.15) is 4.98 Å². The van der Waals surface area contributed by atoms with Gasteiger partial charge in [-0.05, 0) is 54.8 Å². The van der Waals surface area contributed by atoms with Gasteiger partial charge in [0.15, 0.2) is 0 Å². The normalized spacial score (nSPS) is 18.3. The number of methoxy groups -OCH3 is 2. The lowest BCUT2D eigenvalue weighted by Gasteiger charge is -2.29. The fourth-order valence-corrected chi connectivity index (χ4v) is 3.95. The number of rotatable bonds is 7. The van der Waals surface area contributed by atoms with Crippen molar-refractivity contribution in [2.75, 3.05) is 24.9 Å². The van der Waals surface area contributed by atoms with E-state index >= 15 is 0 Å². The highest BCUT2D eigenvalue weighted by molar-refractivity contribution is 5.75. The van der Waals surface area contributed by atoms with Crippen molar-refractivity contribution < 1.29 is 9.47 Å². The lowest BCUT2D eigenvalue weighted by molar-refractivity contribution is 0.402. The number of nitrogens with one attached hydrogen (secondary N) is 2. The Hall–Kier alpha value is -3.32. The molecule has 0 spiro atoms. The predicted octanol–water partition coefficient (Wildman–Crippen LogP) is 4.59. The van der Waals surface area contributed by atoms with Crippen LogP contribution in [0.2, 0.25) is 0 Å². The number of hydrogen-bond acceptors (Lipinski definition) is 7. The second-order valence-electron chi connectivity index (χ2n) is 7.74. The van der Waals surface area contributed by atoms with Crippen LogP contribution in [0.5, 0.6) is 11.5 Å². The number of aromatic nitrogens is 2. The topological polar surface area (TPSA) is 94.3 Å². The van der Waals surface area contributed by atoms with Gasteiger partial charge in [-0.3, -0.25) is 0 Å². The second kappa shape index (κ2) is 9.66. The van der Waals surface area contributed by atoms with Crippen molar-refractivity contribution in [3.8, 4) is 22.6 Å². The average molecular weight is 420 g/mol. The number of ether oxygens (including phenoxy) is 2. The summed E-state index contributed by atoms with van der Waals surface area (Å²) >= 11 is 0. The first-order chi connectivity index (χ1) is 15.2. The molecule has 1 aliphatic rings. The van der Waals surface area contributed by atoms with Crippen LogP contribution in [0.1, 0.15) is 25.7 Å². The molecule has 0 saturated heterocycles. The van der Waals surface area contributed by atoms with Crippen LogP contribution in [0, 0.1) is 0 Å². The Labute approximate surface area is 183 Å². The van der Waals surface area contributed by atoms with Gasteiger partial charge in [0.1, 0.15) is 17.3 Å². The average Bonchev–Trinajstić information content (AvgIpc) is 2.80. The van der Waals surface area contributed by atoms with Gasteiger partial charge in [-0.25, -0.2) is 4.98 Å². The monoisotopic (exact) mass is 419 g/mol. The SMILES string of the molecule is COc1ccc(OC)c(-c2cccc(Nc3ccnc(N[C@@H]4CCCC[C@@H]4N)n3)c2)c1. The summed E-state index contributed by atoms with van der Waals surface area (Å²) in [4.78, 5) is 8.99. The third-order valence-corrected chi connectivity index (χ3v) is 5.64. The molecule has 0 aliphatic heterocycles. The maximum Gasteiger partial charge on any atom is 0.224 e. The Morgan fingerprint density at radius 2 is 1.87 bits per heavy atom. The number of benzene rings is 2. The molecule has 1 fully saturated rings. The van der Waals surface area contributed by atoms with Crippen LogP contribution in [0.15, 0.2) is 54.7 Å². The number of anilines is 3. The molecule has 1 aromatic heterocycles. The van der Waals surface area contributed by atoms with Gasteiger partial charge in [0, 0.05) is 29.5 Å². The molecule has 2 atom stereocenters. The first kappa shape index (κ1) is 20.9. The van der Waals surface area contributed by atoms with Crippen molar-refractivity contribution in [3.63, 3.8) is 0 Å². The molecule has 0 bridgehead atoms. The molecule has 4 N–H and O–H groups in total. The summed E-state index contributed by atoms with van der Waals surface area (Å²) in [6.07, 6.45) is 6.21. The van der Waals surface area contributed by atoms with Crippen LogP contribution in [-0.2, 0) is 0 Å². The van der Waals surface area contributed by atoms with E-state index in [2.05, 4.69) is 26.7 Å². The Morgan fingerprint density at radius 3 is 2.68 bits per heavy atom. The molecule has 1 heterocycles. The molecule has 1 aliphatic carbocycles. The van der Waals surface area contributed by atoms with Crippen molar-refractivity contribution in [1.82, 2.24) is 9.97 Å². The second-order valence-corrected chi connectivity index (χ2v) is 7.74. The molecule has 162 valence electrons. The van der Waals surface area contributed by atoms with E-state index in [1.54, 1.807) is 20.4 Å². The van der Waals surface area contributed by atoms with Gasteiger partial charge in [-0.1, -0.05) is 25.0 Å². The van der Waals surface area contributed by atoms with Crippen molar-refractivity contribution in [3.05, 3.63) is 54.7 Å². The largest absolute Gasteiger partial charge is 0.497 e. The standard InChI is InChI=1S/C24H29N5O2/c1-30-18-10-11-22(31-2)19(15-18)16-6-5-7-17(14-16)27-23-12-13-26-24(29-23)28-21-9-4-3-8-20(21)25/h5-7,10-15,20-21H,3-4,8-9,25H2,1-2H3,(H2,26,27,28,29)/t20-,21+/m0/s1. The summed E-state index contributed by atoms with van der Waals surface area (Å²) in [5, 5.41) is 6.78. The summed E-state index contributed by atoms with van der Waals surface area (Å²) in [6, 6.07) is 16.1. The Kier molecular flexibility index (Phi) is 6.52. The lowest BCUT2D eigenvalue weighted by Crippen LogP contribution is -2.42. The molecule has 0 amide bonds. The van der Waals surface area contributed by atoms with Crippen molar-refractivity contribution in [2.24, 2.45) is 5.73 Å². The molecule has 7 heteroatoms. The molecule has 0 radical (unpaired) electrons. The van der Waals surface area contributed by atoms with E-state index in [0.717, 1.165) is 47.0 Å². The Bertz CT molecular complexity index is 1030. The van der Waals surface area contributed by atoms with Crippen molar-refractivity contribution in [2.45, 2.75) is 37.8 Å². The predicted molar refractivity (Wildman–Crippen MR) is 124 cm³/mol. The molecule has 0 unspecified atom stereocenters. The van der Waals surface area contributed by atoms with E-state index in [1.807, 2.05) is 42.5 Å². The van der Waals surface area contributed by atoms with Crippen LogP contribution in [0.3, 0.4) is 0 Å². The van der Waals surface area contributed by atoms with Crippen molar-refractivity contribution in [1.29, 1.82) is 0 Å². The van der Waals surface area contributed by atoms with E-state index in [-0.39, 0.29) is 12.1 Å². The molecule has 1 saturated carbocycles. The third-order valence-electron chi connectivity index (χ3n) is 5.64. The smallest absolute Gasteiger partial charge is 0.224 e. The van der Waals surface area contributed by atoms with Crippen LogP contribution in [-0.4, -0.2) is 36.3 Å². The van der Waals surface area contributed by atoms with Crippen molar-refractivity contribution >= 4 is 17.5 Å². The van der Waals surface area contributed by atoms with Gasteiger partial charge in [0.05, 0.1) is 14.2 Å². The van der Waals surface area contributed by atoms with Crippen LogP contribution in [0.4, 0.5) is 17.5 Å². The molecule has 3 aromatic rings. The summed E-state index contributed by atoms with van der Waals surface area (Å²) in [7, 11) is 3.32. The first-order valence-corrected chi connectivity index (χ1v) is 10.6. The van der Waals surface area contributed by atoms with E-state index in [1.165, 1.54) is 12.8 Å². The fraction of sp³-hybridized carbons (Fsp3) is 0.333. The highest BCUT2D eigenvalue weighted by Crippen LogP contribution is 2.35. The number of nitrogens with two attached hydrogens (primary N) is 1. The van der Waals surface area contributed by atoms with E-state index in [4.69, 9.17) is 15.2 Å². The van der Waals surface area contributed by atoms with E-state index < -0.39 is 0 Å². The molecular weight excluding hydrogens is 390 g/mol. The molecule has 31 heavy (non-hydrogen) atoms. The Balaban J connectivity index is 1.53. The van der Waals surface area contributed by atoms with Gasteiger partial charge in [0.2, 0.25) is 5.95 Å².